The summed E-state index contributed by atoms with van der Waals surface area (Å²) in [6.07, 6.45) is 6.83. The lowest BCUT2D eigenvalue weighted by atomic mass is 9.64. The van der Waals surface area contributed by atoms with Crippen molar-refractivity contribution in [1.82, 2.24) is 24.1 Å². The maximum absolute atomic E-state index is 16.0. The van der Waals surface area contributed by atoms with Crippen LogP contribution in [0.1, 0.15) is 81.8 Å². The van der Waals surface area contributed by atoms with Gasteiger partial charge in [0.15, 0.2) is 11.9 Å². The summed E-state index contributed by atoms with van der Waals surface area (Å²) < 4.78 is 31.9. The third kappa shape index (κ3) is 5.74. The summed E-state index contributed by atoms with van der Waals surface area (Å²) >= 11 is 0. The molecule has 10 heteroatoms. The molecule has 0 saturated carbocycles. The minimum atomic E-state index is -1.34. The van der Waals surface area contributed by atoms with E-state index in [1.165, 1.54) is 6.08 Å². The maximum atomic E-state index is 16.0. The molecule has 4 aromatic rings. The highest BCUT2D eigenvalue weighted by atomic mass is 19.1. The number of fused-ring (bicyclic) bond motifs is 2. The summed E-state index contributed by atoms with van der Waals surface area (Å²) in [4.78, 5) is 26.5. The fraction of sp³-hybridized carbons (Fsp3) is 0.405. The number of carboxylic acids is 1. The third-order valence-corrected chi connectivity index (χ3v) is 9.37. The van der Waals surface area contributed by atoms with Gasteiger partial charge in [-0.1, -0.05) is 13.8 Å². The molecule has 4 aromatic heterocycles. The molecule has 0 aromatic carbocycles. The summed E-state index contributed by atoms with van der Waals surface area (Å²) in [6, 6.07) is 5.80. The molecule has 1 fully saturated rings. The van der Waals surface area contributed by atoms with Gasteiger partial charge < -0.3 is 23.7 Å². The van der Waals surface area contributed by atoms with Crippen LogP contribution >= 0.6 is 0 Å². The largest absolute Gasteiger partial charge is 0.494 e. The topological polar surface area (TPSA) is 104 Å². The number of allylic oxidation sites excluding steroid dienone is 4. The Kier molecular flexibility index (Phi) is 8.09. The molecule has 1 saturated heterocycles. The summed E-state index contributed by atoms with van der Waals surface area (Å²) in [5, 5.41) is 11.3. The van der Waals surface area contributed by atoms with Crippen LogP contribution in [0.4, 0.5) is 4.39 Å². The molecule has 2 aliphatic rings. The van der Waals surface area contributed by atoms with Gasteiger partial charge in [-0.25, -0.2) is 24.1 Å². The third-order valence-electron chi connectivity index (χ3n) is 9.37. The maximum Gasteiger partial charge on any atom is 0.337 e. The van der Waals surface area contributed by atoms with Crippen molar-refractivity contribution in [2.45, 2.75) is 66.1 Å². The van der Waals surface area contributed by atoms with E-state index in [0.29, 0.717) is 51.5 Å². The van der Waals surface area contributed by atoms with E-state index in [-0.39, 0.29) is 5.92 Å². The molecule has 9 nitrogen and oxygen atoms in total. The van der Waals surface area contributed by atoms with Gasteiger partial charge in [0.2, 0.25) is 0 Å². The molecule has 47 heavy (non-hydrogen) atoms. The molecular formula is C37H40FN5O4. The molecule has 6 rings (SSSR count). The number of nitrogens with zero attached hydrogens (tertiary/aromatic N) is 5. The van der Waals surface area contributed by atoms with E-state index in [0.717, 1.165) is 29.8 Å². The Morgan fingerprint density at radius 3 is 2.70 bits per heavy atom. The van der Waals surface area contributed by atoms with E-state index < -0.39 is 28.9 Å². The average Bonchev–Trinajstić information content (AvgIpc) is 3.58. The minimum Gasteiger partial charge on any atom is -0.494 e. The molecule has 0 spiro atoms. The van der Waals surface area contributed by atoms with Crippen LogP contribution in [-0.4, -0.2) is 47.4 Å². The zero-order valence-corrected chi connectivity index (χ0v) is 28.1. The van der Waals surface area contributed by atoms with E-state index in [1.807, 2.05) is 69.1 Å². The van der Waals surface area contributed by atoms with E-state index in [1.54, 1.807) is 25.6 Å². The van der Waals surface area contributed by atoms with Crippen LogP contribution in [0, 0.1) is 30.1 Å². The number of halogens is 1. The van der Waals surface area contributed by atoms with Crippen LogP contribution in [0.3, 0.4) is 0 Å². The smallest absolute Gasteiger partial charge is 0.337 e. The number of imidazole rings is 1. The lowest BCUT2D eigenvalue weighted by molar-refractivity contribution is -0.160. The van der Waals surface area contributed by atoms with Gasteiger partial charge in [-0.05, 0) is 93.7 Å². The number of ether oxygens (including phenoxy) is 2. The van der Waals surface area contributed by atoms with Crippen LogP contribution < -0.4 is 0 Å². The average molecular weight is 638 g/mol. The first-order valence-corrected chi connectivity index (χ1v) is 15.8. The van der Waals surface area contributed by atoms with E-state index >= 15 is 4.39 Å². The van der Waals surface area contributed by atoms with Crippen molar-refractivity contribution >= 4 is 22.6 Å². The van der Waals surface area contributed by atoms with Gasteiger partial charge in [0.1, 0.15) is 22.8 Å². The Morgan fingerprint density at radius 2 is 2.02 bits per heavy atom. The number of aryl methyl sites for hydroxylation is 3. The number of pyridine rings is 2. The summed E-state index contributed by atoms with van der Waals surface area (Å²) in [5.41, 5.74) is 4.55. The number of aliphatic carboxylic acids is 1. The number of rotatable bonds is 5. The van der Waals surface area contributed by atoms with Gasteiger partial charge in [0.25, 0.3) is 0 Å². The highest BCUT2D eigenvalue weighted by Crippen LogP contribution is 2.55. The van der Waals surface area contributed by atoms with Gasteiger partial charge in [0.05, 0.1) is 30.4 Å². The number of hydrogen-bond acceptors (Lipinski definition) is 6. The van der Waals surface area contributed by atoms with Crippen molar-refractivity contribution in [1.29, 1.82) is 0 Å². The highest BCUT2D eigenvalue weighted by Gasteiger charge is 2.47. The zero-order valence-electron chi connectivity index (χ0n) is 28.1. The van der Waals surface area contributed by atoms with Gasteiger partial charge in [-0.15, -0.1) is 0 Å². The Bertz CT molecular complexity index is 2040. The predicted molar refractivity (Wildman–Crippen MR) is 178 cm³/mol. The van der Waals surface area contributed by atoms with Gasteiger partial charge in [0, 0.05) is 47.9 Å². The van der Waals surface area contributed by atoms with Crippen molar-refractivity contribution in [3.8, 4) is 23.1 Å². The lowest BCUT2D eigenvalue weighted by Crippen LogP contribution is -2.37. The molecule has 1 N–H and O–H groups in total. The Hall–Kier alpha value is -4.75. The molecule has 0 radical (unpaired) electrons. The number of carboxylic acid groups (broad SMARTS) is 1. The first kappa shape index (κ1) is 32.2. The molecule has 5 heterocycles. The fourth-order valence-electron chi connectivity index (χ4n) is 6.82. The van der Waals surface area contributed by atoms with Crippen LogP contribution in [0.2, 0.25) is 0 Å². The van der Waals surface area contributed by atoms with Crippen LogP contribution in [0.15, 0.2) is 54.6 Å². The second-order valence-corrected chi connectivity index (χ2v) is 13.7. The quantitative estimate of drug-likeness (QED) is 0.234. The Morgan fingerprint density at radius 1 is 1.26 bits per heavy atom. The fourth-order valence-corrected chi connectivity index (χ4v) is 6.82. The first-order valence-electron chi connectivity index (χ1n) is 15.8. The highest BCUT2D eigenvalue weighted by molar-refractivity contribution is 5.98. The molecule has 0 bridgehead atoms. The van der Waals surface area contributed by atoms with Crippen LogP contribution in [0.25, 0.3) is 27.9 Å². The van der Waals surface area contributed by atoms with Crippen LogP contribution in [-0.2, 0) is 28.4 Å². The van der Waals surface area contributed by atoms with E-state index in [9.17, 15) is 9.90 Å². The molecule has 1 aliphatic carbocycles. The molecular weight excluding hydrogens is 597 g/mol. The van der Waals surface area contributed by atoms with Crippen molar-refractivity contribution in [3.63, 3.8) is 0 Å². The molecule has 3 atom stereocenters. The van der Waals surface area contributed by atoms with Crippen molar-refractivity contribution in [2.24, 2.45) is 25.4 Å². The monoisotopic (exact) mass is 637 g/mol. The number of aromatic nitrogens is 5. The zero-order chi connectivity index (χ0) is 33.8. The Balaban J connectivity index is 1.61. The van der Waals surface area contributed by atoms with Crippen molar-refractivity contribution in [3.05, 3.63) is 82.8 Å². The Labute approximate surface area is 274 Å². The molecule has 1 aliphatic heterocycles. The second kappa shape index (κ2) is 11.8. The van der Waals surface area contributed by atoms with E-state index in [2.05, 4.69) is 28.7 Å². The molecule has 244 valence electrons. The number of carbonyl (C=O) groups is 1. The van der Waals surface area contributed by atoms with Gasteiger partial charge in [-0.3, -0.25) is 0 Å². The number of hydrogen-bond donors (Lipinski definition) is 1. The normalized spacial score (nSPS) is 20.3. The summed E-state index contributed by atoms with van der Waals surface area (Å²) in [6.45, 7) is 11.8. The molecule has 2 unspecified atom stereocenters. The second-order valence-electron chi connectivity index (χ2n) is 13.7. The summed E-state index contributed by atoms with van der Waals surface area (Å²) in [7, 11) is 3.80. The van der Waals surface area contributed by atoms with Gasteiger partial charge >= 0.3 is 5.97 Å². The van der Waals surface area contributed by atoms with Crippen molar-refractivity contribution < 1.29 is 23.8 Å². The van der Waals surface area contributed by atoms with Crippen molar-refractivity contribution in [2.75, 3.05) is 6.61 Å². The van der Waals surface area contributed by atoms with Crippen LogP contribution in [0.5, 0.6) is 0 Å². The minimum absolute atomic E-state index is 0.191. The van der Waals surface area contributed by atoms with Gasteiger partial charge in [-0.2, -0.15) is 0 Å². The van der Waals surface area contributed by atoms with E-state index in [4.69, 9.17) is 14.5 Å². The predicted octanol–water partition coefficient (Wildman–Crippen LogP) is 7.05. The SMILES string of the molecule is Cc1nc2c(cc(-c3ccnc(C#Cc4cncn4C)c3)n2C)c(C2=CC(F)=C3OCCCC3(C)C2C)c1[C@H](OC(C)(C)C)C(=O)O. The standard InChI is InChI=1S/C37H40FN5O4/c1-21-26(17-28(38)33-37(21,6)13-9-15-46-33)31-27-18-29(23-12-14-40-24(16-23)10-11-25-19-39-20-42(25)7)43(8)34(27)41-22(2)30(31)32(35(44)45)47-36(3,4)5/h12,14,16-21,32H,9,13,15H2,1-8H3,(H,44,45)/t21?,32-,37?/m0/s1. The first-order chi connectivity index (χ1) is 22.2. The molecule has 0 amide bonds. The lowest BCUT2D eigenvalue weighted by Gasteiger charge is -2.44. The summed E-state index contributed by atoms with van der Waals surface area (Å²) in [5.74, 6) is 4.85.